The number of amides is 1. The van der Waals surface area contributed by atoms with Crippen LogP contribution >= 0.6 is 0 Å². The summed E-state index contributed by atoms with van der Waals surface area (Å²) in [6.07, 6.45) is 4.74. The van der Waals surface area contributed by atoms with Gasteiger partial charge in [0.1, 0.15) is 11.7 Å². The summed E-state index contributed by atoms with van der Waals surface area (Å²) in [6, 6.07) is 0. The molecule has 1 atom stereocenters. The Balaban J connectivity index is 1.56. The minimum atomic E-state index is -0.610. The Morgan fingerprint density at radius 3 is 3.09 bits per heavy atom. The van der Waals surface area contributed by atoms with Crippen LogP contribution < -0.4 is 4.74 Å². The number of carbonyl (C=O) groups is 1. The molecule has 0 N–H and O–H groups in total. The standard InChI is InChI=1S/C15H20FN3O3/c1-11-7-17-8-13(18-11)22-12-3-5-21-15(6-12)9-19(10-15)14(20)2-4-16/h7-8,12H,2-6,9-10H2,1H3/t12-/m1/s1. The molecule has 0 radical (unpaired) electrons. The van der Waals surface area contributed by atoms with Crippen molar-refractivity contribution < 1.29 is 18.7 Å². The molecule has 0 unspecified atom stereocenters. The molecule has 6 nitrogen and oxygen atoms in total. The van der Waals surface area contributed by atoms with Crippen molar-refractivity contribution in [2.24, 2.45) is 0 Å². The fraction of sp³-hybridized carbons (Fsp3) is 0.667. The van der Waals surface area contributed by atoms with Gasteiger partial charge in [0, 0.05) is 19.0 Å². The van der Waals surface area contributed by atoms with Crippen molar-refractivity contribution in [3.63, 3.8) is 0 Å². The number of carbonyl (C=O) groups excluding carboxylic acids is 1. The first-order valence-electron chi connectivity index (χ1n) is 7.53. The van der Waals surface area contributed by atoms with Crippen LogP contribution in [0.15, 0.2) is 12.4 Å². The predicted octanol–water partition coefficient (Wildman–Crippen LogP) is 1.28. The van der Waals surface area contributed by atoms with Crippen molar-refractivity contribution in [2.75, 3.05) is 26.4 Å². The van der Waals surface area contributed by atoms with E-state index in [4.69, 9.17) is 9.47 Å². The number of ether oxygens (including phenoxy) is 2. The van der Waals surface area contributed by atoms with Crippen LogP contribution in [0, 0.1) is 6.92 Å². The molecule has 0 aromatic carbocycles. The summed E-state index contributed by atoms with van der Waals surface area (Å²) in [4.78, 5) is 21.7. The van der Waals surface area contributed by atoms with Crippen LogP contribution in [0.4, 0.5) is 4.39 Å². The molecule has 1 aromatic rings. The Morgan fingerprint density at radius 1 is 1.55 bits per heavy atom. The van der Waals surface area contributed by atoms with E-state index in [1.807, 2.05) is 6.92 Å². The number of likely N-dealkylation sites (tertiary alicyclic amines) is 1. The molecule has 2 aliphatic heterocycles. The average Bonchev–Trinajstić information content (AvgIpc) is 2.45. The third kappa shape index (κ3) is 3.19. The van der Waals surface area contributed by atoms with E-state index < -0.39 is 6.67 Å². The smallest absolute Gasteiger partial charge is 0.232 e. The van der Waals surface area contributed by atoms with Gasteiger partial charge in [-0.1, -0.05) is 0 Å². The Labute approximate surface area is 128 Å². The lowest BCUT2D eigenvalue weighted by molar-refractivity contribution is -0.193. The zero-order valence-electron chi connectivity index (χ0n) is 12.6. The van der Waals surface area contributed by atoms with Crippen molar-refractivity contribution in [3.05, 3.63) is 18.1 Å². The topological polar surface area (TPSA) is 64.6 Å². The highest BCUT2D eigenvalue weighted by Crippen LogP contribution is 2.35. The molecule has 1 aromatic heterocycles. The minimum absolute atomic E-state index is 0.00303. The zero-order valence-corrected chi connectivity index (χ0v) is 12.6. The van der Waals surface area contributed by atoms with Crippen molar-refractivity contribution in [1.29, 1.82) is 0 Å². The molecule has 7 heteroatoms. The number of halogens is 1. The summed E-state index contributed by atoms with van der Waals surface area (Å²) < 4.78 is 24.0. The predicted molar refractivity (Wildman–Crippen MR) is 76.3 cm³/mol. The van der Waals surface area contributed by atoms with Gasteiger partial charge in [-0.05, 0) is 6.92 Å². The number of rotatable bonds is 4. The van der Waals surface area contributed by atoms with Gasteiger partial charge in [-0.15, -0.1) is 0 Å². The van der Waals surface area contributed by atoms with Crippen molar-refractivity contribution >= 4 is 5.91 Å². The number of nitrogens with zero attached hydrogens (tertiary/aromatic N) is 3. The molecular formula is C15H20FN3O3. The summed E-state index contributed by atoms with van der Waals surface area (Å²) in [5.74, 6) is 0.371. The van der Waals surface area contributed by atoms with Gasteiger partial charge < -0.3 is 14.4 Å². The van der Waals surface area contributed by atoms with E-state index in [-0.39, 0.29) is 24.0 Å². The van der Waals surface area contributed by atoms with Gasteiger partial charge >= 0.3 is 0 Å². The van der Waals surface area contributed by atoms with Gasteiger partial charge in [0.15, 0.2) is 0 Å². The molecule has 0 aliphatic carbocycles. The molecule has 2 fully saturated rings. The quantitative estimate of drug-likeness (QED) is 0.838. The molecule has 0 saturated carbocycles. The SMILES string of the molecule is Cc1cncc(O[C@@H]2CCOC3(C2)CN(C(=O)CCF)C3)n1. The first-order valence-corrected chi connectivity index (χ1v) is 7.53. The van der Waals surface area contributed by atoms with E-state index >= 15 is 0 Å². The molecule has 120 valence electrons. The van der Waals surface area contributed by atoms with E-state index in [1.54, 1.807) is 17.3 Å². The van der Waals surface area contributed by atoms with Gasteiger partial charge in [-0.25, -0.2) is 4.98 Å². The van der Waals surface area contributed by atoms with Gasteiger partial charge in [0.25, 0.3) is 0 Å². The monoisotopic (exact) mass is 309 g/mol. The van der Waals surface area contributed by atoms with Crippen molar-refractivity contribution in [3.8, 4) is 5.88 Å². The third-order valence-electron chi connectivity index (χ3n) is 4.09. The van der Waals surface area contributed by atoms with Crippen LogP contribution in [0.1, 0.15) is 25.0 Å². The summed E-state index contributed by atoms with van der Waals surface area (Å²) >= 11 is 0. The number of alkyl halides is 1. The molecule has 22 heavy (non-hydrogen) atoms. The van der Waals surface area contributed by atoms with Crippen LogP contribution in [0.2, 0.25) is 0 Å². The average molecular weight is 309 g/mol. The Morgan fingerprint density at radius 2 is 2.36 bits per heavy atom. The molecule has 2 aliphatic rings. The Kier molecular flexibility index (Phi) is 4.24. The highest BCUT2D eigenvalue weighted by atomic mass is 19.1. The largest absolute Gasteiger partial charge is 0.473 e. The Bertz CT molecular complexity index is 549. The minimum Gasteiger partial charge on any atom is -0.473 e. The second-order valence-corrected chi connectivity index (χ2v) is 5.95. The van der Waals surface area contributed by atoms with E-state index in [1.165, 1.54) is 0 Å². The fourth-order valence-electron chi connectivity index (χ4n) is 3.04. The summed E-state index contributed by atoms with van der Waals surface area (Å²) in [5, 5.41) is 0. The molecule has 2 saturated heterocycles. The van der Waals surface area contributed by atoms with Crippen LogP contribution in [0.25, 0.3) is 0 Å². The third-order valence-corrected chi connectivity index (χ3v) is 4.09. The lowest BCUT2D eigenvalue weighted by atomic mass is 9.84. The van der Waals surface area contributed by atoms with Gasteiger partial charge in [-0.3, -0.25) is 14.2 Å². The van der Waals surface area contributed by atoms with Crippen LogP contribution in [-0.2, 0) is 9.53 Å². The first-order chi connectivity index (χ1) is 10.6. The van der Waals surface area contributed by atoms with Crippen molar-refractivity contribution in [2.45, 2.75) is 37.9 Å². The van der Waals surface area contributed by atoms with E-state index in [2.05, 4.69) is 9.97 Å². The van der Waals surface area contributed by atoms with E-state index in [0.717, 1.165) is 12.1 Å². The zero-order chi connectivity index (χ0) is 15.6. The van der Waals surface area contributed by atoms with E-state index in [9.17, 15) is 9.18 Å². The molecule has 0 bridgehead atoms. The highest BCUT2D eigenvalue weighted by molar-refractivity contribution is 5.77. The van der Waals surface area contributed by atoms with Crippen LogP contribution in [0.3, 0.4) is 0 Å². The summed E-state index contributed by atoms with van der Waals surface area (Å²) in [7, 11) is 0. The number of aromatic nitrogens is 2. The highest BCUT2D eigenvalue weighted by Gasteiger charge is 2.49. The van der Waals surface area contributed by atoms with Crippen LogP contribution in [0.5, 0.6) is 5.88 Å². The maximum Gasteiger partial charge on any atom is 0.232 e. The molecule has 1 amide bonds. The van der Waals surface area contributed by atoms with Crippen molar-refractivity contribution in [1.82, 2.24) is 14.9 Å². The summed E-state index contributed by atoms with van der Waals surface area (Å²) in [6.45, 7) is 2.89. The second-order valence-electron chi connectivity index (χ2n) is 5.95. The first kappa shape index (κ1) is 15.1. The maximum absolute atomic E-state index is 12.2. The normalized spacial score (nSPS) is 23.2. The van der Waals surface area contributed by atoms with Crippen LogP contribution in [-0.4, -0.2) is 58.9 Å². The second kappa shape index (κ2) is 6.16. The molecule has 3 rings (SSSR count). The molecule has 3 heterocycles. The molecular weight excluding hydrogens is 289 g/mol. The molecule has 1 spiro atoms. The number of hydrogen-bond donors (Lipinski definition) is 0. The van der Waals surface area contributed by atoms with Gasteiger partial charge in [0.2, 0.25) is 11.8 Å². The van der Waals surface area contributed by atoms with Gasteiger partial charge in [-0.2, -0.15) is 0 Å². The van der Waals surface area contributed by atoms with E-state index in [0.29, 0.717) is 32.0 Å². The Hall–Kier alpha value is -1.76. The summed E-state index contributed by atoms with van der Waals surface area (Å²) in [5.41, 5.74) is 0.470. The number of aryl methyl sites for hydroxylation is 1. The number of hydrogen-bond acceptors (Lipinski definition) is 5. The fourth-order valence-corrected chi connectivity index (χ4v) is 3.04. The lowest BCUT2D eigenvalue weighted by Gasteiger charge is -2.52. The van der Waals surface area contributed by atoms with Gasteiger partial charge in [0.05, 0.1) is 44.7 Å². The lowest BCUT2D eigenvalue weighted by Crippen LogP contribution is -2.67. The maximum atomic E-state index is 12.2.